The molecule has 1 N–H and O–H groups in total. The third kappa shape index (κ3) is 5.14. The molecule has 1 aromatic carbocycles. The number of rotatable bonds is 6. The molecule has 0 unspecified atom stereocenters. The van der Waals surface area contributed by atoms with Crippen LogP contribution in [0.1, 0.15) is 16.8 Å². The molecule has 0 bridgehead atoms. The number of ether oxygens (including phenoxy) is 2. The third-order valence-electron chi connectivity index (χ3n) is 2.33. The van der Waals surface area contributed by atoms with Crippen molar-refractivity contribution >= 4 is 35.1 Å². The van der Waals surface area contributed by atoms with Gasteiger partial charge in [0.05, 0.1) is 35.2 Å². The van der Waals surface area contributed by atoms with Crippen LogP contribution in [0.4, 0.5) is 0 Å². The highest BCUT2D eigenvalue weighted by Crippen LogP contribution is 2.33. The average molecular weight is 331 g/mol. The van der Waals surface area contributed by atoms with E-state index in [4.69, 9.17) is 37.9 Å². The maximum absolute atomic E-state index is 11.8. The molecule has 0 aliphatic heterocycles. The van der Waals surface area contributed by atoms with Crippen molar-refractivity contribution in [3.05, 3.63) is 27.7 Å². The van der Waals surface area contributed by atoms with Crippen LogP contribution in [0.25, 0.3) is 0 Å². The second kappa shape index (κ2) is 8.35. The molecule has 0 saturated heterocycles. The number of halogens is 2. The molecule has 0 radical (unpaired) electrons. The fourth-order valence-corrected chi connectivity index (χ4v) is 2.04. The Labute approximate surface area is 131 Å². The van der Waals surface area contributed by atoms with Gasteiger partial charge in [0.15, 0.2) is 12.4 Å². The summed E-state index contributed by atoms with van der Waals surface area (Å²) in [4.78, 5) is 23.1. The summed E-state index contributed by atoms with van der Waals surface area (Å²) in [5.41, 5.74) is 0.107. The second-order valence-corrected chi connectivity index (χ2v) is 4.62. The van der Waals surface area contributed by atoms with Gasteiger partial charge in [-0.25, -0.2) is 4.79 Å². The highest BCUT2D eigenvalue weighted by Gasteiger charge is 2.15. The van der Waals surface area contributed by atoms with Crippen LogP contribution >= 0.6 is 23.2 Å². The summed E-state index contributed by atoms with van der Waals surface area (Å²) in [5.74, 6) is -0.981. The second-order valence-electron chi connectivity index (χ2n) is 3.81. The molecule has 6 nitrogen and oxygen atoms in total. The fourth-order valence-electron chi connectivity index (χ4n) is 1.40. The summed E-state index contributed by atoms with van der Waals surface area (Å²) < 4.78 is 9.77. The van der Waals surface area contributed by atoms with Crippen molar-refractivity contribution in [2.75, 3.05) is 20.3 Å². The van der Waals surface area contributed by atoms with Crippen LogP contribution in [0.15, 0.2) is 12.1 Å². The SMILES string of the molecule is COc1c(Cl)cc(C(=O)OCC(=O)NCCC#N)cc1Cl. The molecule has 1 rings (SSSR count). The van der Waals surface area contributed by atoms with Gasteiger partial charge in [-0.1, -0.05) is 23.2 Å². The van der Waals surface area contributed by atoms with Crippen LogP contribution in [0.2, 0.25) is 10.0 Å². The first kappa shape index (κ1) is 17.1. The minimum atomic E-state index is -0.739. The first-order valence-electron chi connectivity index (χ1n) is 5.83. The number of carbonyl (C=O) groups is 2. The molecule has 0 atom stereocenters. The number of hydrogen-bond donors (Lipinski definition) is 1. The molecular formula is C13H12Cl2N2O4. The normalized spacial score (nSPS) is 9.62. The highest BCUT2D eigenvalue weighted by atomic mass is 35.5. The zero-order chi connectivity index (χ0) is 15.8. The topological polar surface area (TPSA) is 88.4 Å². The lowest BCUT2D eigenvalue weighted by molar-refractivity contribution is -0.124. The molecule has 0 saturated carbocycles. The van der Waals surface area contributed by atoms with Gasteiger partial charge < -0.3 is 14.8 Å². The maximum atomic E-state index is 11.8. The van der Waals surface area contributed by atoms with Crippen LogP contribution in [0.5, 0.6) is 5.75 Å². The summed E-state index contributed by atoms with van der Waals surface area (Å²) in [6, 6.07) is 4.54. The Morgan fingerprint density at radius 2 is 1.95 bits per heavy atom. The predicted octanol–water partition coefficient (Wildman–Crippen LogP) is 2.19. The average Bonchev–Trinajstić information content (AvgIpc) is 2.44. The lowest BCUT2D eigenvalue weighted by atomic mass is 10.2. The summed E-state index contributed by atoms with van der Waals surface area (Å²) in [5, 5.41) is 11.1. The first-order chi connectivity index (χ1) is 9.99. The number of nitrogens with zero attached hydrogens (tertiary/aromatic N) is 1. The number of carbonyl (C=O) groups excluding carboxylic acids is 2. The van der Waals surface area contributed by atoms with Gasteiger partial charge in [0.2, 0.25) is 0 Å². The van der Waals surface area contributed by atoms with Crippen molar-refractivity contribution in [2.45, 2.75) is 6.42 Å². The lowest BCUT2D eigenvalue weighted by Crippen LogP contribution is -2.29. The van der Waals surface area contributed by atoms with Crippen molar-refractivity contribution in [1.29, 1.82) is 5.26 Å². The van der Waals surface area contributed by atoms with Gasteiger partial charge >= 0.3 is 5.97 Å². The number of hydrogen-bond acceptors (Lipinski definition) is 5. The van der Waals surface area contributed by atoms with Gasteiger partial charge in [-0.15, -0.1) is 0 Å². The van der Waals surface area contributed by atoms with Crippen LogP contribution in [0.3, 0.4) is 0 Å². The van der Waals surface area contributed by atoms with E-state index in [-0.39, 0.29) is 34.3 Å². The third-order valence-corrected chi connectivity index (χ3v) is 2.89. The number of methoxy groups -OCH3 is 1. The van der Waals surface area contributed by atoms with E-state index in [0.717, 1.165) is 0 Å². The van der Waals surface area contributed by atoms with Crippen molar-refractivity contribution in [1.82, 2.24) is 5.32 Å². The Balaban J connectivity index is 2.61. The molecule has 8 heteroatoms. The smallest absolute Gasteiger partial charge is 0.338 e. The van der Waals surface area contributed by atoms with E-state index in [9.17, 15) is 9.59 Å². The molecule has 1 aromatic rings. The van der Waals surface area contributed by atoms with E-state index >= 15 is 0 Å². The van der Waals surface area contributed by atoms with Crippen LogP contribution in [-0.4, -0.2) is 32.1 Å². The van der Waals surface area contributed by atoms with Crippen LogP contribution in [0, 0.1) is 11.3 Å². The fraction of sp³-hybridized carbons (Fsp3) is 0.308. The van der Waals surface area contributed by atoms with Crippen molar-refractivity contribution in [3.63, 3.8) is 0 Å². The molecule has 112 valence electrons. The van der Waals surface area contributed by atoms with Crippen molar-refractivity contribution < 1.29 is 19.1 Å². The first-order valence-corrected chi connectivity index (χ1v) is 6.59. The lowest BCUT2D eigenvalue weighted by Gasteiger charge is -2.09. The van der Waals surface area contributed by atoms with Gasteiger partial charge in [0.1, 0.15) is 0 Å². The van der Waals surface area contributed by atoms with Crippen LogP contribution < -0.4 is 10.1 Å². The van der Waals surface area contributed by atoms with Gasteiger partial charge in [0, 0.05) is 6.54 Å². The minimum absolute atomic E-state index is 0.107. The standard InChI is InChI=1S/C13H12Cl2N2O4/c1-20-12-9(14)5-8(6-10(12)15)13(19)21-7-11(18)17-4-2-3-16/h5-6H,2,4,7H2,1H3,(H,17,18). The van der Waals surface area contributed by atoms with E-state index in [1.165, 1.54) is 19.2 Å². The number of nitriles is 1. The zero-order valence-electron chi connectivity index (χ0n) is 11.1. The number of esters is 1. The van der Waals surface area contributed by atoms with Crippen molar-refractivity contribution in [2.24, 2.45) is 0 Å². The molecule has 0 aromatic heterocycles. The summed E-state index contributed by atoms with van der Waals surface area (Å²) in [6.07, 6.45) is 0.184. The Hall–Kier alpha value is -1.97. The van der Waals surface area contributed by atoms with Gasteiger partial charge in [-0.05, 0) is 12.1 Å². The van der Waals surface area contributed by atoms with E-state index < -0.39 is 18.5 Å². The monoisotopic (exact) mass is 330 g/mol. The Kier molecular flexibility index (Phi) is 6.79. The summed E-state index contributed by atoms with van der Waals surface area (Å²) >= 11 is 11.8. The molecule has 0 aliphatic carbocycles. The molecule has 0 heterocycles. The van der Waals surface area contributed by atoms with Crippen LogP contribution in [-0.2, 0) is 9.53 Å². The quantitative estimate of drug-likeness (QED) is 0.638. The largest absolute Gasteiger partial charge is 0.494 e. The highest BCUT2D eigenvalue weighted by molar-refractivity contribution is 6.37. The Morgan fingerprint density at radius 1 is 1.33 bits per heavy atom. The van der Waals surface area contributed by atoms with Gasteiger partial charge in [-0.3, -0.25) is 4.79 Å². The van der Waals surface area contributed by atoms with Gasteiger partial charge in [0.25, 0.3) is 5.91 Å². The zero-order valence-corrected chi connectivity index (χ0v) is 12.6. The van der Waals surface area contributed by atoms with E-state index in [2.05, 4.69) is 5.32 Å². The number of benzene rings is 1. The molecular weight excluding hydrogens is 319 g/mol. The molecule has 1 amide bonds. The van der Waals surface area contributed by atoms with Gasteiger partial charge in [-0.2, -0.15) is 5.26 Å². The summed E-state index contributed by atoms with van der Waals surface area (Å²) in [7, 11) is 1.40. The molecule has 0 aliphatic rings. The van der Waals surface area contributed by atoms with E-state index in [1.807, 2.05) is 6.07 Å². The number of nitrogens with one attached hydrogen (secondary N) is 1. The number of amides is 1. The van der Waals surface area contributed by atoms with Crippen molar-refractivity contribution in [3.8, 4) is 11.8 Å². The Morgan fingerprint density at radius 3 is 2.48 bits per heavy atom. The molecule has 21 heavy (non-hydrogen) atoms. The summed E-state index contributed by atoms with van der Waals surface area (Å²) in [6.45, 7) is -0.251. The Bertz CT molecular complexity index is 561. The minimum Gasteiger partial charge on any atom is -0.494 e. The molecule has 0 fully saturated rings. The maximum Gasteiger partial charge on any atom is 0.338 e. The predicted molar refractivity (Wildman–Crippen MR) is 76.5 cm³/mol. The van der Waals surface area contributed by atoms with E-state index in [0.29, 0.717) is 0 Å². The van der Waals surface area contributed by atoms with E-state index in [1.54, 1.807) is 0 Å². The molecule has 0 spiro atoms.